The Kier molecular flexibility index (Phi) is 5.29. The molecule has 148 valence electrons. The van der Waals surface area contributed by atoms with Gasteiger partial charge in [-0.3, -0.25) is 9.69 Å². The molecule has 0 aliphatic carbocycles. The molecule has 2 atom stereocenters. The van der Waals surface area contributed by atoms with Crippen LogP contribution in [0.5, 0.6) is 0 Å². The monoisotopic (exact) mass is 393 g/mol. The summed E-state index contributed by atoms with van der Waals surface area (Å²) >= 11 is 0. The zero-order valence-corrected chi connectivity index (χ0v) is 15.5. The van der Waals surface area contributed by atoms with Crippen molar-refractivity contribution in [2.24, 2.45) is 0 Å². The van der Waals surface area contributed by atoms with Crippen LogP contribution in [0.2, 0.25) is 0 Å². The van der Waals surface area contributed by atoms with Gasteiger partial charge < -0.3 is 14.2 Å². The summed E-state index contributed by atoms with van der Waals surface area (Å²) < 4.78 is 16.2. The highest BCUT2D eigenvalue weighted by Crippen LogP contribution is 2.37. The lowest BCUT2D eigenvalue weighted by molar-refractivity contribution is -0.166. The number of amides is 1. The fourth-order valence-corrected chi connectivity index (χ4v) is 3.21. The third kappa shape index (κ3) is 4.13. The predicted octanol–water partition coefficient (Wildman–Crippen LogP) is 2.31. The second kappa shape index (κ2) is 8.18. The Balaban J connectivity index is 1.43. The molecule has 7 nitrogen and oxygen atoms in total. The second-order valence-electron chi connectivity index (χ2n) is 6.71. The van der Waals surface area contributed by atoms with Gasteiger partial charge in [0.15, 0.2) is 12.3 Å². The minimum absolute atomic E-state index is 0.0641. The molecule has 0 spiro atoms. The number of carbonyl (C=O) groups is 3. The van der Waals surface area contributed by atoms with Crippen LogP contribution in [0.25, 0.3) is 0 Å². The van der Waals surface area contributed by atoms with Crippen LogP contribution in [0.4, 0.5) is 0 Å². The van der Waals surface area contributed by atoms with Gasteiger partial charge in [-0.2, -0.15) is 0 Å². The average molecular weight is 393 g/mol. The molecule has 7 heteroatoms. The summed E-state index contributed by atoms with van der Waals surface area (Å²) in [7, 11) is 0. The molecule has 2 aromatic rings. The maximum absolute atomic E-state index is 12.6. The van der Waals surface area contributed by atoms with Crippen LogP contribution in [0, 0.1) is 0 Å². The van der Waals surface area contributed by atoms with Gasteiger partial charge in [0.2, 0.25) is 5.91 Å². The fraction of sp³-hybridized carbons (Fsp3) is 0.227. The van der Waals surface area contributed by atoms with Gasteiger partial charge in [-0.25, -0.2) is 9.59 Å². The fourth-order valence-electron chi connectivity index (χ4n) is 3.21. The van der Waals surface area contributed by atoms with Crippen molar-refractivity contribution in [1.82, 2.24) is 4.90 Å². The molecular weight excluding hydrogens is 374 g/mol. The molecule has 2 aromatic carbocycles. The number of esters is 2. The molecule has 0 N–H and O–H groups in total. The van der Waals surface area contributed by atoms with Gasteiger partial charge in [0.05, 0.1) is 12.5 Å². The molecular formula is C22H19NO6. The number of β-lactam (4-membered cyclic amide) rings is 1. The van der Waals surface area contributed by atoms with Gasteiger partial charge in [-0.05, 0) is 11.1 Å². The van der Waals surface area contributed by atoms with E-state index in [0.717, 1.165) is 17.2 Å². The van der Waals surface area contributed by atoms with Crippen LogP contribution in [0.3, 0.4) is 0 Å². The Bertz CT molecular complexity index is 940. The number of hydrogen-bond donors (Lipinski definition) is 0. The van der Waals surface area contributed by atoms with E-state index in [4.69, 9.17) is 14.2 Å². The van der Waals surface area contributed by atoms with E-state index < -0.39 is 24.2 Å². The largest absolute Gasteiger partial charge is 0.471 e. The number of nitrogens with zero attached hydrogens (tertiary/aromatic N) is 1. The van der Waals surface area contributed by atoms with Gasteiger partial charge in [-0.1, -0.05) is 60.7 Å². The van der Waals surface area contributed by atoms with Crippen molar-refractivity contribution in [3.05, 3.63) is 83.6 Å². The van der Waals surface area contributed by atoms with Crippen molar-refractivity contribution in [1.29, 1.82) is 0 Å². The van der Waals surface area contributed by atoms with E-state index >= 15 is 0 Å². The van der Waals surface area contributed by atoms with E-state index in [9.17, 15) is 14.4 Å². The number of hydrogen-bond acceptors (Lipinski definition) is 6. The van der Waals surface area contributed by atoms with Gasteiger partial charge in [0.25, 0.3) is 0 Å². The number of rotatable bonds is 6. The lowest BCUT2D eigenvalue weighted by atomic mass is 10.1. The maximum Gasteiger partial charge on any atom is 0.337 e. The molecule has 0 bridgehead atoms. The van der Waals surface area contributed by atoms with Gasteiger partial charge in [-0.15, -0.1) is 0 Å². The summed E-state index contributed by atoms with van der Waals surface area (Å²) in [4.78, 5) is 38.1. The Morgan fingerprint density at radius 2 is 1.55 bits per heavy atom. The minimum Gasteiger partial charge on any atom is -0.471 e. The molecule has 2 aliphatic rings. The van der Waals surface area contributed by atoms with E-state index in [1.807, 2.05) is 60.7 Å². The molecule has 2 aliphatic heterocycles. The summed E-state index contributed by atoms with van der Waals surface area (Å²) in [6, 6.07) is 17.3. The summed E-state index contributed by atoms with van der Waals surface area (Å²) in [5.74, 6) is -1.46. The standard InChI is InChI=1S/C22H19NO6/c24-18-12-19-23(18)21(22(26)28-14-16-9-5-2-6-10-16)17(29-19)11-20(25)27-13-15-7-3-1-4-8-15/h1-11,19,21H,12-14H2/b17-11+. The van der Waals surface area contributed by atoms with Crippen LogP contribution >= 0.6 is 0 Å². The SMILES string of the molecule is O=C(/C=C1/OC2CC(=O)N2C1C(=O)OCc1ccccc1)OCc1ccccc1. The smallest absolute Gasteiger partial charge is 0.337 e. The Morgan fingerprint density at radius 1 is 0.966 bits per heavy atom. The van der Waals surface area contributed by atoms with Crippen molar-refractivity contribution in [3.63, 3.8) is 0 Å². The van der Waals surface area contributed by atoms with Crippen LogP contribution in [-0.4, -0.2) is 35.0 Å². The molecule has 2 heterocycles. The topological polar surface area (TPSA) is 82.1 Å². The average Bonchev–Trinajstić information content (AvgIpc) is 3.03. The minimum atomic E-state index is -1.07. The van der Waals surface area contributed by atoms with Crippen molar-refractivity contribution in [3.8, 4) is 0 Å². The number of fused-ring (bicyclic) bond motifs is 1. The zero-order valence-electron chi connectivity index (χ0n) is 15.5. The zero-order chi connectivity index (χ0) is 20.2. The summed E-state index contributed by atoms with van der Waals surface area (Å²) in [5.41, 5.74) is 1.66. The predicted molar refractivity (Wildman–Crippen MR) is 101 cm³/mol. The molecule has 29 heavy (non-hydrogen) atoms. The van der Waals surface area contributed by atoms with Gasteiger partial charge >= 0.3 is 11.9 Å². The Hall–Kier alpha value is -3.61. The number of benzene rings is 2. The van der Waals surface area contributed by atoms with Gasteiger partial charge in [0.1, 0.15) is 19.0 Å². The number of carbonyl (C=O) groups excluding carboxylic acids is 3. The first kappa shape index (κ1) is 18.7. The van der Waals surface area contributed by atoms with Crippen LogP contribution in [0.15, 0.2) is 72.5 Å². The summed E-state index contributed by atoms with van der Waals surface area (Å²) in [6.07, 6.45) is 0.729. The quantitative estimate of drug-likeness (QED) is 0.426. The van der Waals surface area contributed by atoms with Crippen molar-refractivity contribution >= 4 is 17.8 Å². The molecule has 2 saturated heterocycles. The van der Waals surface area contributed by atoms with E-state index in [1.54, 1.807) is 0 Å². The van der Waals surface area contributed by atoms with Crippen LogP contribution < -0.4 is 0 Å². The summed E-state index contributed by atoms with van der Waals surface area (Å²) in [6.45, 7) is 0.160. The molecule has 1 amide bonds. The molecule has 0 aromatic heterocycles. The van der Waals surface area contributed by atoms with Gasteiger partial charge in [0, 0.05) is 0 Å². The summed E-state index contributed by atoms with van der Waals surface area (Å²) in [5, 5.41) is 0. The second-order valence-corrected chi connectivity index (χ2v) is 6.71. The lowest BCUT2D eigenvalue weighted by Crippen LogP contribution is -2.55. The normalized spacial score (nSPS) is 21.2. The van der Waals surface area contributed by atoms with Crippen molar-refractivity contribution in [2.75, 3.05) is 0 Å². The molecule has 0 radical (unpaired) electrons. The first-order valence-corrected chi connectivity index (χ1v) is 9.22. The van der Waals surface area contributed by atoms with Crippen LogP contribution in [0.1, 0.15) is 17.5 Å². The molecule has 2 unspecified atom stereocenters. The van der Waals surface area contributed by atoms with E-state index in [2.05, 4.69) is 0 Å². The lowest BCUT2D eigenvalue weighted by Gasteiger charge is -2.33. The molecule has 0 saturated carbocycles. The highest BCUT2D eigenvalue weighted by Gasteiger charge is 2.54. The van der Waals surface area contributed by atoms with Crippen molar-refractivity contribution < 1.29 is 28.6 Å². The van der Waals surface area contributed by atoms with Crippen molar-refractivity contribution in [2.45, 2.75) is 31.9 Å². The Morgan fingerprint density at radius 3 is 2.14 bits per heavy atom. The molecule has 2 fully saturated rings. The van der Waals surface area contributed by atoms with E-state index in [0.29, 0.717) is 0 Å². The third-order valence-electron chi connectivity index (χ3n) is 4.70. The Labute approximate surface area is 167 Å². The highest BCUT2D eigenvalue weighted by molar-refractivity contribution is 5.93. The van der Waals surface area contributed by atoms with Crippen LogP contribution in [-0.2, 0) is 41.8 Å². The van der Waals surface area contributed by atoms with E-state index in [-0.39, 0.29) is 31.3 Å². The number of ether oxygens (including phenoxy) is 3. The van der Waals surface area contributed by atoms with E-state index in [1.165, 1.54) is 4.90 Å². The molecule has 4 rings (SSSR count). The highest BCUT2D eigenvalue weighted by atomic mass is 16.6. The maximum atomic E-state index is 12.6. The first-order valence-electron chi connectivity index (χ1n) is 9.22. The first-order chi connectivity index (χ1) is 14.1. The third-order valence-corrected chi connectivity index (χ3v) is 4.70.